The van der Waals surface area contributed by atoms with Crippen molar-refractivity contribution in [2.75, 3.05) is 18.8 Å². The Morgan fingerprint density at radius 1 is 1.38 bits per heavy atom. The van der Waals surface area contributed by atoms with Gasteiger partial charge in [0.2, 0.25) is 0 Å². The summed E-state index contributed by atoms with van der Waals surface area (Å²) in [6.45, 7) is 2.24. The van der Waals surface area contributed by atoms with E-state index in [1.165, 1.54) is 15.8 Å². The van der Waals surface area contributed by atoms with Crippen LogP contribution < -0.4 is 5.32 Å². The molecule has 70 valence electrons. The van der Waals surface area contributed by atoms with Crippen LogP contribution in [-0.2, 0) is 0 Å². The van der Waals surface area contributed by atoms with E-state index < -0.39 is 0 Å². The number of nitrogens with one attached hydrogen (secondary N) is 1. The van der Waals surface area contributed by atoms with Crippen molar-refractivity contribution in [3.63, 3.8) is 0 Å². The van der Waals surface area contributed by atoms with Gasteiger partial charge in [-0.15, -0.1) is 0 Å². The molecule has 0 saturated carbocycles. The van der Waals surface area contributed by atoms with Crippen LogP contribution >= 0.6 is 27.7 Å². The standard InChI is InChI=1S/C10H12BrNS/c11-9-4-2-1-3-8(9)10-7-12-5-6-13-10/h1-4,10,12H,5-7H2. The average molecular weight is 258 g/mol. The van der Waals surface area contributed by atoms with Crippen molar-refractivity contribution < 1.29 is 0 Å². The van der Waals surface area contributed by atoms with Crippen LogP contribution in [0.1, 0.15) is 10.8 Å². The molecule has 1 unspecified atom stereocenters. The second kappa shape index (κ2) is 4.49. The fourth-order valence-corrected chi connectivity index (χ4v) is 3.38. The molecular weight excluding hydrogens is 246 g/mol. The van der Waals surface area contributed by atoms with Crippen LogP contribution in [0.15, 0.2) is 28.7 Å². The number of hydrogen-bond acceptors (Lipinski definition) is 2. The highest BCUT2D eigenvalue weighted by Crippen LogP contribution is 2.34. The van der Waals surface area contributed by atoms with E-state index in [2.05, 4.69) is 45.5 Å². The number of benzene rings is 1. The zero-order valence-corrected chi connectivity index (χ0v) is 9.70. The summed E-state index contributed by atoms with van der Waals surface area (Å²) in [6.07, 6.45) is 0. The number of thioether (sulfide) groups is 1. The van der Waals surface area contributed by atoms with E-state index >= 15 is 0 Å². The van der Waals surface area contributed by atoms with Gasteiger partial charge < -0.3 is 5.32 Å². The third-order valence-corrected chi connectivity index (χ3v) is 4.16. The van der Waals surface area contributed by atoms with Crippen LogP contribution in [0.3, 0.4) is 0 Å². The monoisotopic (exact) mass is 257 g/mol. The van der Waals surface area contributed by atoms with Gasteiger partial charge in [-0.2, -0.15) is 11.8 Å². The number of halogens is 1. The van der Waals surface area contributed by atoms with Gasteiger partial charge in [0.15, 0.2) is 0 Å². The van der Waals surface area contributed by atoms with Gasteiger partial charge in [-0.1, -0.05) is 34.1 Å². The largest absolute Gasteiger partial charge is 0.314 e. The summed E-state index contributed by atoms with van der Waals surface area (Å²) in [5.74, 6) is 1.21. The van der Waals surface area contributed by atoms with Crippen LogP contribution in [0, 0.1) is 0 Å². The summed E-state index contributed by atoms with van der Waals surface area (Å²) in [4.78, 5) is 0. The topological polar surface area (TPSA) is 12.0 Å². The van der Waals surface area contributed by atoms with Crippen LogP contribution in [0.4, 0.5) is 0 Å². The van der Waals surface area contributed by atoms with Gasteiger partial charge in [-0.05, 0) is 11.6 Å². The molecule has 3 heteroatoms. The predicted octanol–water partition coefficient (Wildman–Crippen LogP) is 2.83. The maximum atomic E-state index is 3.59. The quantitative estimate of drug-likeness (QED) is 0.831. The highest BCUT2D eigenvalue weighted by molar-refractivity contribution is 9.10. The van der Waals surface area contributed by atoms with Gasteiger partial charge in [-0.25, -0.2) is 0 Å². The van der Waals surface area contributed by atoms with E-state index in [4.69, 9.17) is 0 Å². The first-order chi connectivity index (χ1) is 6.38. The lowest BCUT2D eigenvalue weighted by molar-refractivity contribution is 0.688. The second-order valence-electron chi connectivity index (χ2n) is 3.09. The van der Waals surface area contributed by atoms with Crippen LogP contribution in [0.2, 0.25) is 0 Å². The van der Waals surface area contributed by atoms with Gasteiger partial charge in [0.25, 0.3) is 0 Å². The van der Waals surface area contributed by atoms with E-state index in [1.807, 2.05) is 11.8 Å². The van der Waals surface area contributed by atoms with Crippen LogP contribution in [0.25, 0.3) is 0 Å². The molecule has 0 spiro atoms. The van der Waals surface area contributed by atoms with E-state index in [1.54, 1.807) is 0 Å². The molecule has 1 N–H and O–H groups in total. The molecule has 1 aliphatic rings. The summed E-state index contributed by atoms with van der Waals surface area (Å²) in [6, 6.07) is 8.49. The average Bonchev–Trinajstić information content (AvgIpc) is 2.20. The third kappa shape index (κ3) is 2.27. The summed E-state index contributed by atoms with van der Waals surface area (Å²) in [5, 5.41) is 4.03. The third-order valence-electron chi connectivity index (χ3n) is 2.18. The maximum absolute atomic E-state index is 3.59. The molecule has 0 bridgehead atoms. The minimum absolute atomic E-state index is 0.615. The minimum atomic E-state index is 0.615. The molecular formula is C10H12BrNS. The van der Waals surface area contributed by atoms with Crippen LogP contribution in [0.5, 0.6) is 0 Å². The first kappa shape index (κ1) is 9.56. The predicted molar refractivity (Wildman–Crippen MR) is 62.2 cm³/mol. The second-order valence-corrected chi connectivity index (χ2v) is 5.25. The summed E-state index contributed by atoms with van der Waals surface area (Å²) in [7, 11) is 0. The Morgan fingerprint density at radius 2 is 2.23 bits per heavy atom. The Kier molecular flexibility index (Phi) is 3.30. The van der Waals surface area contributed by atoms with Gasteiger partial charge in [-0.3, -0.25) is 0 Å². The molecule has 0 radical (unpaired) electrons. The van der Waals surface area contributed by atoms with Crippen molar-refractivity contribution in [3.8, 4) is 0 Å². The molecule has 1 aliphatic heterocycles. The molecule has 0 amide bonds. The van der Waals surface area contributed by atoms with Crippen molar-refractivity contribution in [2.45, 2.75) is 5.25 Å². The van der Waals surface area contributed by atoms with Crippen molar-refractivity contribution in [3.05, 3.63) is 34.3 Å². The molecule has 0 aromatic heterocycles. The SMILES string of the molecule is Brc1ccccc1C1CNCCS1. The van der Waals surface area contributed by atoms with Crippen molar-refractivity contribution in [2.24, 2.45) is 0 Å². The first-order valence-corrected chi connectivity index (χ1v) is 6.29. The normalized spacial score (nSPS) is 23.0. The van der Waals surface area contributed by atoms with Crippen LogP contribution in [-0.4, -0.2) is 18.8 Å². The number of hydrogen-bond donors (Lipinski definition) is 1. The lowest BCUT2D eigenvalue weighted by Crippen LogP contribution is -2.28. The molecule has 2 rings (SSSR count). The van der Waals surface area contributed by atoms with Gasteiger partial charge in [0.05, 0.1) is 0 Å². The van der Waals surface area contributed by atoms with E-state index in [0.29, 0.717) is 5.25 Å². The molecule has 1 heterocycles. The molecule has 1 aromatic carbocycles. The van der Waals surface area contributed by atoms with Gasteiger partial charge in [0, 0.05) is 28.6 Å². The summed E-state index contributed by atoms with van der Waals surface area (Å²) < 4.78 is 1.23. The summed E-state index contributed by atoms with van der Waals surface area (Å²) in [5.41, 5.74) is 1.42. The molecule has 13 heavy (non-hydrogen) atoms. The molecule has 1 aromatic rings. The number of rotatable bonds is 1. The lowest BCUT2D eigenvalue weighted by atomic mass is 10.1. The smallest absolute Gasteiger partial charge is 0.0433 e. The molecule has 1 fully saturated rings. The van der Waals surface area contributed by atoms with Crippen molar-refractivity contribution in [1.82, 2.24) is 5.32 Å². The Labute approximate surface area is 91.4 Å². The van der Waals surface area contributed by atoms with Gasteiger partial charge in [0.1, 0.15) is 0 Å². The molecule has 1 atom stereocenters. The summed E-state index contributed by atoms with van der Waals surface area (Å²) >= 11 is 5.63. The first-order valence-electron chi connectivity index (χ1n) is 4.44. The van der Waals surface area contributed by atoms with E-state index in [-0.39, 0.29) is 0 Å². The maximum Gasteiger partial charge on any atom is 0.0433 e. The van der Waals surface area contributed by atoms with Crippen molar-refractivity contribution in [1.29, 1.82) is 0 Å². The molecule has 1 saturated heterocycles. The zero-order valence-electron chi connectivity index (χ0n) is 7.29. The highest BCUT2D eigenvalue weighted by Gasteiger charge is 2.16. The zero-order chi connectivity index (χ0) is 9.10. The van der Waals surface area contributed by atoms with Crippen molar-refractivity contribution >= 4 is 27.7 Å². The Morgan fingerprint density at radius 3 is 2.92 bits per heavy atom. The molecule has 1 nitrogen and oxygen atoms in total. The fraction of sp³-hybridized carbons (Fsp3) is 0.400. The Balaban J connectivity index is 2.18. The Hall–Kier alpha value is 0.01000. The highest BCUT2D eigenvalue weighted by atomic mass is 79.9. The fourth-order valence-electron chi connectivity index (χ4n) is 1.50. The lowest BCUT2D eigenvalue weighted by Gasteiger charge is -2.23. The van der Waals surface area contributed by atoms with E-state index in [0.717, 1.165) is 13.1 Å². The Bertz CT molecular complexity index is 284. The molecule has 0 aliphatic carbocycles. The van der Waals surface area contributed by atoms with Gasteiger partial charge >= 0.3 is 0 Å². The minimum Gasteiger partial charge on any atom is -0.314 e. The van der Waals surface area contributed by atoms with E-state index in [9.17, 15) is 0 Å².